The van der Waals surface area contributed by atoms with Gasteiger partial charge in [0.1, 0.15) is 0 Å². The van der Waals surface area contributed by atoms with Gasteiger partial charge in [0.05, 0.1) is 10.5 Å². The summed E-state index contributed by atoms with van der Waals surface area (Å²) in [5, 5.41) is 14.2. The molecule has 1 fully saturated rings. The third-order valence-corrected chi connectivity index (χ3v) is 5.68. The van der Waals surface area contributed by atoms with Gasteiger partial charge >= 0.3 is 5.97 Å². The maximum absolute atomic E-state index is 11.3. The first-order chi connectivity index (χ1) is 9.38. The number of carboxylic acid groups (broad SMARTS) is 1. The minimum absolute atomic E-state index is 0.000443. The van der Waals surface area contributed by atoms with Crippen LogP contribution in [0.2, 0.25) is 0 Å². The molecule has 20 heavy (non-hydrogen) atoms. The number of primary sulfonamides is 1. The zero-order valence-electron chi connectivity index (χ0n) is 10.9. The maximum atomic E-state index is 11.3. The Morgan fingerprint density at radius 2 is 2.00 bits per heavy atom. The Morgan fingerprint density at radius 3 is 2.55 bits per heavy atom. The molecule has 5 nitrogen and oxygen atoms in total. The van der Waals surface area contributed by atoms with Crippen LogP contribution in [-0.4, -0.2) is 25.2 Å². The van der Waals surface area contributed by atoms with E-state index in [1.54, 1.807) is 0 Å². The highest BCUT2D eigenvalue weighted by molar-refractivity contribution is 7.99. The molecule has 0 aromatic heterocycles. The average molecular weight is 315 g/mol. The standard InChI is InChI=1S/C13H17NO4S2/c14-20(17,18)10-5-6-12(11(7-10)13(15)16)19-8-9-3-1-2-4-9/h5-7,9H,1-4,8H2,(H,15,16)(H2,14,17,18). The Bertz CT molecular complexity index is 607. The number of rotatable bonds is 5. The van der Waals surface area contributed by atoms with Crippen molar-refractivity contribution in [3.63, 3.8) is 0 Å². The summed E-state index contributed by atoms with van der Waals surface area (Å²) >= 11 is 1.48. The van der Waals surface area contributed by atoms with Gasteiger partial charge in [-0.2, -0.15) is 0 Å². The van der Waals surface area contributed by atoms with Gasteiger partial charge < -0.3 is 5.11 Å². The molecule has 7 heteroatoms. The monoisotopic (exact) mass is 315 g/mol. The summed E-state index contributed by atoms with van der Waals surface area (Å²) in [5.41, 5.74) is -0.000443. The molecule has 0 heterocycles. The Labute approximate surface area is 122 Å². The van der Waals surface area contributed by atoms with Crippen LogP contribution in [0.1, 0.15) is 36.0 Å². The second-order valence-corrected chi connectivity index (χ2v) is 7.59. The first-order valence-electron chi connectivity index (χ1n) is 6.41. The fourth-order valence-electron chi connectivity index (χ4n) is 2.36. The normalized spacial score (nSPS) is 16.4. The summed E-state index contributed by atoms with van der Waals surface area (Å²) in [6.45, 7) is 0. The third-order valence-electron chi connectivity index (χ3n) is 3.46. The quantitative estimate of drug-likeness (QED) is 0.813. The second-order valence-electron chi connectivity index (χ2n) is 4.97. The predicted molar refractivity (Wildman–Crippen MR) is 77.5 cm³/mol. The van der Waals surface area contributed by atoms with Gasteiger partial charge in [0.15, 0.2) is 0 Å². The van der Waals surface area contributed by atoms with Crippen molar-refractivity contribution in [1.29, 1.82) is 0 Å². The van der Waals surface area contributed by atoms with Gasteiger partial charge in [0.25, 0.3) is 0 Å². The molecular weight excluding hydrogens is 298 g/mol. The van der Waals surface area contributed by atoms with Gasteiger partial charge in [-0.05, 0) is 37.0 Å². The topological polar surface area (TPSA) is 97.5 Å². The Morgan fingerprint density at radius 1 is 1.35 bits per heavy atom. The summed E-state index contributed by atoms with van der Waals surface area (Å²) in [7, 11) is -3.88. The zero-order chi connectivity index (χ0) is 14.8. The van der Waals surface area contributed by atoms with Crippen molar-refractivity contribution in [1.82, 2.24) is 0 Å². The molecule has 0 amide bonds. The number of nitrogens with two attached hydrogens (primary N) is 1. The minimum atomic E-state index is -3.88. The van der Waals surface area contributed by atoms with Crippen LogP contribution < -0.4 is 5.14 Å². The van der Waals surface area contributed by atoms with Crippen molar-refractivity contribution < 1.29 is 18.3 Å². The van der Waals surface area contributed by atoms with Gasteiger partial charge in [-0.15, -0.1) is 11.8 Å². The molecular formula is C13H17NO4S2. The molecule has 0 radical (unpaired) electrons. The molecule has 110 valence electrons. The van der Waals surface area contributed by atoms with Gasteiger partial charge in [0, 0.05) is 10.6 Å². The van der Waals surface area contributed by atoms with E-state index in [1.165, 1.54) is 49.6 Å². The van der Waals surface area contributed by atoms with Crippen molar-refractivity contribution in [3.8, 4) is 0 Å². The highest BCUT2D eigenvalue weighted by Gasteiger charge is 2.19. The molecule has 1 aliphatic rings. The zero-order valence-corrected chi connectivity index (χ0v) is 12.5. The number of carbonyl (C=O) groups is 1. The highest BCUT2D eigenvalue weighted by atomic mass is 32.2. The molecule has 1 saturated carbocycles. The van der Waals surface area contributed by atoms with E-state index in [4.69, 9.17) is 5.14 Å². The van der Waals surface area contributed by atoms with Crippen LogP contribution in [0.3, 0.4) is 0 Å². The van der Waals surface area contributed by atoms with Crippen LogP contribution in [0.5, 0.6) is 0 Å². The second kappa shape index (κ2) is 6.15. The molecule has 3 N–H and O–H groups in total. The third kappa shape index (κ3) is 3.74. The lowest BCUT2D eigenvalue weighted by Crippen LogP contribution is -2.13. The first kappa shape index (κ1) is 15.3. The first-order valence-corrected chi connectivity index (χ1v) is 8.94. The molecule has 1 aromatic carbocycles. The lowest BCUT2D eigenvalue weighted by atomic mass is 10.1. The number of benzene rings is 1. The lowest BCUT2D eigenvalue weighted by Gasteiger charge is -2.11. The Balaban J connectivity index is 2.21. The van der Waals surface area contributed by atoms with Gasteiger partial charge in [-0.1, -0.05) is 12.8 Å². The predicted octanol–water partition coefficient (Wildman–Crippen LogP) is 2.31. The average Bonchev–Trinajstić information content (AvgIpc) is 2.88. The van der Waals surface area contributed by atoms with Crippen LogP contribution in [0.15, 0.2) is 28.0 Å². The molecule has 2 rings (SSSR count). The molecule has 1 aromatic rings. The summed E-state index contributed by atoms with van der Waals surface area (Å²) in [6.07, 6.45) is 4.85. The molecule has 0 bridgehead atoms. The number of hydrogen-bond acceptors (Lipinski definition) is 4. The molecule has 0 aliphatic heterocycles. The van der Waals surface area contributed by atoms with Crippen molar-refractivity contribution in [2.45, 2.75) is 35.5 Å². The van der Waals surface area contributed by atoms with E-state index < -0.39 is 16.0 Å². The van der Waals surface area contributed by atoms with Crippen LogP contribution in [-0.2, 0) is 10.0 Å². The van der Waals surface area contributed by atoms with E-state index in [1.807, 2.05) is 0 Å². The maximum Gasteiger partial charge on any atom is 0.336 e. The van der Waals surface area contributed by atoms with Crippen molar-refractivity contribution in [2.75, 3.05) is 5.75 Å². The van der Waals surface area contributed by atoms with Crippen LogP contribution in [0.4, 0.5) is 0 Å². The molecule has 0 unspecified atom stereocenters. The van der Waals surface area contributed by atoms with Gasteiger partial charge in [0.2, 0.25) is 10.0 Å². The number of hydrogen-bond donors (Lipinski definition) is 2. The van der Waals surface area contributed by atoms with E-state index in [0.29, 0.717) is 10.8 Å². The molecule has 0 saturated heterocycles. The molecule has 0 spiro atoms. The summed E-state index contributed by atoms with van der Waals surface area (Å²) in [5.74, 6) is 0.360. The number of carboxylic acids is 1. The number of sulfonamides is 1. The van der Waals surface area contributed by atoms with Crippen LogP contribution in [0.25, 0.3) is 0 Å². The van der Waals surface area contributed by atoms with Gasteiger partial charge in [-0.25, -0.2) is 18.4 Å². The van der Waals surface area contributed by atoms with Crippen LogP contribution in [0, 0.1) is 5.92 Å². The lowest BCUT2D eigenvalue weighted by molar-refractivity contribution is 0.0693. The largest absolute Gasteiger partial charge is 0.478 e. The number of aromatic carboxylic acids is 1. The van der Waals surface area contributed by atoms with Crippen LogP contribution >= 0.6 is 11.8 Å². The minimum Gasteiger partial charge on any atom is -0.478 e. The number of thioether (sulfide) groups is 1. The highest BCUT2D eigenvalue weighted by Crippen LogP contribution is 2.33. The fourth-order valence-corrected chi connectivity index (χ4v) is 4.12. The smallest absolute Gasteiger partial charge is 0.336 e. The molecule has 0 atom stereocenters. The van der Waals surface area contributed by atoms with Crippen molar-refractivity contribution in [3.05, 3.63) is 23.8 Å². The van der Waals surface area contributed by atoms with E-state index in [0.717, 1.165) is 11.8 Å². The van der Waals surface area contributed by atoms with E-state index in [2.05, 4.69) is 0 Å². The summed E-state index contributed by atoms with van der Waals surface area (Å²) in [6, 6.07) is 4.02. The van der Waals surface area contributed by atoms with Crippen molar-refractivity contribution >= 4 is 27.8 Å². The molecule has 1 aliphatic carbocycles. The summed E-state index contributed by atoms with van der Waals surface area (Å²) in [4.78, 5) is 11.7. The van der Waals surface area contributed by atoms with Gasteiger partial charge in [-0.3, -0.25) is 0 Å². The summed E-state index contributed by atoms with van der Waals surface area (Å²) < 4.78 is 22.5. The van der Waals surface area contributed by atoms with E-state index in [9.17, 15) is 18.3 Å². The fraction of sp³-hybridized carbons (Fsp3) is 0.462. The van der Waals surface area contributed by atoms with E-state index >= 15 is 0 Å². The van der Waals surface area contributed by atoms with E-state index in [-0.39, 0.29) is 10.5 Å². The van der Waals surface area contributed by atoms with Crippen molar-refractivity contribution in [2.24, 2.45) is 11.1 Å². The Kier molecular flexibility index (Phi) is 4.72. The Hall–Kier alpha value is -1.05. The SMILES string of the molecule is NS(=O)(=O)c1ccc(SCC2CCCC2)c(C(=O)O)c1.